The second-order valence-corrected chi connectivity index (χ2v) is 24.9. The van der Waals surface area contributed by atoms with Gasteiger partial charge in [-0.15, -0.1) is 0 Å². The molecular weight excluding hydrogens is 665 g/mol. The van der Waals surface area contributed by atoms with E-state index in [9.17, 15) is 52.7 Å². The first-order valence-corrected chi connectivity index (χ1v) is 21.6. The van der Waals surface area contributed by atoms with Gasteiger partial charge < -0.3 is 25.9 Å². The van der Waals surface area contributed by atoms with Gasteiger partial charge in [0.25, 0.3) is 0 Å². The highest BCUT2D eigenvalue weighted by atomic mass is 28.5. The van der Waals surface area contributed by atoms with Gasteiger partial charge in [0, 0.05) is 65.8 Å². The summed E-state index contributed by atoms with van der Waals surface area (Å²) in [4.78, 5) is 0. The van der Waals surface area contributed by atoms with Gasteiger partial charge in [-0.2, -0.15) is 52.7 Å². The maximum absolute atomic E-state index is 13.5. The lowest BCUT2D eigenvalue weighted by molar-refractivity contribution is -0.133. The van der Waals surface area contributed by atoms with Crippen LogP contribution in [0.25, 0.3) is 0 Å². The third-order valence-corrected chi connectivity index (χ3v) is 24.8. The van der Waals surface area contributed by atoms with Crippen LogP contribution in [0.1, 0.15) is 25.7 Å². The fourth-order valence-electron chi connectivity index (χ4n) is 3.81. The van der Waals surface area contributed by atoms with E-state index < -0.39 is 114 Å². The van der Waals surface area contributed by atoms with Gasteiger partial charge in [0.1, 0.15) is 0 Å². The summed E-state index contributed by atoms with van der Waals surface area (Å²) in [7, 11) is -13.6. The van der Waals surface area contributed by atoms with Gasteiger partial charge in [-0.25, -0.2) is 0 Å². The van der Waals surface area contributed by atoms with E-state index in [1.54, 1.807) is 0 Å². The van der Waals surface area contributed by atoms with Crippen LogP contribution in [-0.2, 0) is 25.9 Å². The van der Waals surface area contributed by atoms with E-state index in [0.717, 1.165) is 35.0 Å². The Balaban J connectivity index is 7.06. The Kier molecular flexibility index (Phi) is 15.1. The minimum atomic E-state index is -4.91. The van der Waals surface area contributed by atoms with Crippen molar-refractivity contribution in [2.24, 2.45) is 0 Å². The van der Waals surface area contributed by atoms with E-state index in [-0.39, 0.29) is 0 Å². The second kappa shape index (κ2) is 15.2. The molecule has 0 aromatic carbocycles. The van der Waals surface area contributed by atoms with Crippen LogP contribution in [-0.4, -0.2) is 87.4 Å². The van der Waals surface area contributed by atoms with Gasteiger partial charge in [0.05, 0.1) is 0 Å². The lowest BCUT2D eigenvalue weighted by Gasteiger charge is -2.45. The van der Waals surface area contributed by atoms with E-state index in [0.29, 0.717) is 0 Å². The van der Waals surface area contributed by atoms with Crippen molar-refractivity contribution in [1.82, 2.24) is 0 Å². The Morgan fingerprint density at radius 2 is 0.854 bits per heavy atom. The van der Waals surface area contributed by atoms with Crippen molar-refractivity contribution in [3.8, 4) is 0 Å². The molecule has 0 spiro atoms. The van der Waals surface area contributed by atoms with Crippen LogP contribution in [0.2, 0.25) is 42.9 Å². The van der Waals surface area contributed by atoms with Gasteiger partial charge >= 0.3 is 50.6 Å². The van der Waals surface area contributed by atoms with Crippen molar-refractivity contribution < 1.29 is 78.6 Å². The van der Waals surface area contributed by atoms with E-state index >= 15 is 0 Å². The number of alkyl halides is 12. The Morgan fingerprint density at radius 3 is 1.22 bits per heavy atom. The smallest absolute Gasteiger partial charge is 0.420 e. The molecule has 3 atom stereocenters. The molecule has 0 amide bonds. The Hall–Kier alpha value is -0.212. The van der Waals surface area contributed by atoms with E-state index in [4.69, 9.17) is 25.9 Å². The lowest BCUT2D eigenvalue weighted by atomic mass is 10.5. The predicted octanol–water partition coefficient (Wildman–Crippen LogP) is 7.98. The molecule has 41 heavy (non-hydrogen) atoms. The van der Waals surface area contributed by atoms with Gasteiger partial charge in [-0.1, -0.05) is 0 Å². The van der Waals surface area contributed by atoms with Gasteiger partial charge in [0.15, 0.2) is 8.32 Å². The highest BCUT2D eigenvalue weighted by Crippen LogP contribution is 2.42. The molecule has 0 saturated heterocycles. The zero-order valence-electron chi connectivity index (χ0n) is 23.3. The summed E-state index contributed by atoms with van der Waals surface area (Å²) in [5, 5.41) is 0. The molecule has 0 aliphatic heterocycles. The normalized spacial score (nSPS) is 18.6. The summed E-state index contributed by atoms with van der Waals surface area (Å²) < 4.78 is 191. The van der Waals surface area contributed by atoms with Gasteiger partial charge in [0.2, 0.25) is 0 Å². The van der Waals surface area contributed by atoms with Crippen LogP contribution in [0.5, 0.6) is 0 Å². The SMILES string of the molecule is CO[Si](C)(CCC(F)(F)F)C[Si](CCC(F)(F)F)(O[Si](C)(CCC(F)(F)F)OC)O[Si](CCC(F)(F)F)(OC)OC. The minimum absolute atomic E-state index is 0.703. The standard InChI is InChI=1S/C19H36F12O6Si4/c1-32-38(5,11-7-16(20,21)22)15-40(13-9-18(26,27)28,36-39(6,33-2)12-8-17(23,24)25)37-41(34-3,35-4)14-10-19(29,30)31/h7-15H2,1-6H3. The van der Waals surface area contributed by atoms with Gasteiger partial charge in [-0.3, -0.25) is 0 Å². The fourth-order valence-corrected chi connectivity index (χ4v) is 24.6. The first-order chi connectivity index (χ1) is 18.2. The number of hydrogen-bond donors (Lipinski definition) is 0. The fraction of sp³-hybridized carbons (Fsp3) is 1.00. The third-order valence-electron chi connectivity index (χ3n) is 6.24. The van der Waals surface area contributed by atoms with Gasteiger partial charge in [-0.05, 0) is 31.2 Å². The van der Waals surface area contributed by atoms with E-state index in [2.05, 4.69) is 0 Å². The maximum atomic E-state index is 13.5. The molecule has 0 heterocycles. The molecule has 0 aliphatic rings. The molecular formula is C19H36F12O6Si4. The first kappa shape index (κ1) is 40.8. The summed E-state index contributed by atoms with van der Waals surface area (Å²) in [6.45, 7) is 2.33. The topological polar surface area (TPSA) is 55.4 Å². The molecule has 0 bridgehead atoms. The predicted molar refractivity (Wildman–Crippen MR) is 132 cm³/mol. The van der Waals surface area contributed by atoms with Crippen molar-refractivity contribution in [3.05, 3.63) is 0 Å². The van der Waals surface area contributed by atoms with E-state index in [1.165, 1.54) is 6.55 Å². The summed E-state index contributed by atoms with van der Waals surface area (Å²) in [6.07, 6.45) is -25.3. The van der Waals surface area contributed by atoms with Crippen molar-refractivity contribution in [1.29, 1.82) is 0 Å². The second-order valence-electron chi connectivity index (χ2n) is 9.84. The largest absolute Gasteiger partial charge is 0.491 e. The Morgan fingerprint density at radius 1 is 0.463 bits per heavy atom. The van der Waals surface area contributed by atoms with Crippen molar-refractivity contribution in [2.45, 2.75) is 93.3 Å². The number of halogens is 12. The van der Waals surface area contributed by atoms with Crippen LogP contribution in [0.4, 0.5) is 52.7 Å². The molecule has 0 saturated carbocycles. The van der Waals surface area contributed by atoms with Crippen LogP contribution >= 0.6 is 0 Å². The molecule has 0 aromatic rings. The summed E-state index contributed by atoms with van der Waals surface area (Å²) >= 11 is 0. The highest BCUT2D eigenvalue weighted by Gasteiger charge is 2.59. The lowest BCUT2D eigenvalue weighted by Crippen LogP contribution is -2.64. The van der Waals surface area contributed by atoms with Crippen molar-refractivity contribution >= 4 is 34.2 Å². The zero-order valence-corrected chi connectivity index (χ0v) is 27.3. The highest BCUT2D eigenvalue weighted by molar-refractivity contribution is 6.94. The van der Waals surface area contributed by atoms with Crippen molar-refractivity contribution in [2.75, 3.05) is 28.4 Å². The molecule has 0 aromatic heterocycles. The molecule has 3 unspecified atom stereocenters. The quantitative estimate of drug-likeness (QED) is 0.107. The monoisotopic (exact) mass is 700 g/mol. The Bertz CT molecular complexity index is 746. The first-order valence-electron chi connectivity index (χ1n) is 12.1. The van der Waals surface area contributed by atoms with Crippen LogP contribution < -0.4 is 0 Å². The minimum Gasteiger partial charge on any atom is -0.420 e. The third kappa shape index (κ3) is 17.0. The molecule has 0 aliphatic carbocycles. The van der Waals surface area contributed by atoms with Crippen LogP contribution in [0.3, 0.4) is 0 Å². The molecule has 0 N–H and O–H groups in total. The average molecular weight is 701 g/mol. The molecule has 22 heteroatoms. The number of rotatable bonds is 18. The molecule has 0 fully saturated rings. The van der Waals surface area contributed by atoms with Crippen LogP contribution in [0, 0.1) is 0 Å². The molecule has 6 nitrogen and oxygen atoms in total. The summed E-state index contributed by atoms with van der Waals surface area (Å²) in [6, 6.07) is -3.65. The molecule has 248 valence electrons. The zero-order chi connectivity index (χ0) is 32.6. The molecule has 0 rings (SSSR count). The van der Waals surface area contributed by atoms with Crippen molar-refractivity contribution in [3.63, 3.8) is 0 Å². The Labute approximate surface area is 234 Å². The average Bonchev–Trinajstić information content (AvgIpc) is 2.81. The number of hydrogen-bond acceptors (Lipinski definition) is 6. The van der Waals surface area contributed by atoms with E-state index in [1.807, 2.05) is 0 Å². The summed E-state index contributed by atoms with van der Waals surface area (Å²) in [5.41, 5.74) is -0.714. The maximum Gasteiger partial charge on any atom is 0.491 e. The molecule has 0 radical (unpaired) electrons. The van der Waals surface area contributed by atoms with Crippen LogP contribution in [0.15, 0.2) is 0 Å². The summed E-state index contributed by atoms with van der Waals surface area (Å²) in [5.74, 6) is 0.